The number of hydrogen-bond donors (Lipinski definition) is 1. The highest BCUT2D eigenvalue weighted by molar-refractivity contribution is 7.85. The molecule has 160 valence electrons. The first kappa shape index (κ1) is 30.5. The van der Waals surface area contributed by atoms with Gasteiger partial charge in [-0.3, -0.25) is 4.55 Å². The molecule has 0 radical (unpaired) electrons. The van der Waals surface area contributed by atoms with Crippen LogP contribution in [0.15, 0.2) is 50.6 Å². The van der Waals surface area contributed by atoms with Crippen molar-refractivity contribution in [1.29, 1.82) is 0 Å². The lowest BCUT2D eigenvalue weighted by Crippen LogP contribution is -3.00. The van der Waals surface area contributed by atoms with Gasteiger partial charge in [0, 0.05) is 0 Å². The molecular weight excluding hydrogens is 365 g/mol. The molecule has 0 bridgehead atoms. The van der Waals surface area contributed by atoms with Crippen LogP contribution in [0, 0.1) is 0 Å². The van der Waals surface area contributed by atoms with Crippen LogP contribution >= 0.6 is 0 Å². The van der Waals surface area contributed by atoms with Crippen LogP contribution in [-0.4, -0.2) is 49.4 Å². The Labute approximate surface area is 167 Å². The molecule has 0 aromatic rings. The van der Waals surface area contributed by atoms with Crippen molar-refractivity contribution in [1.82, 2.24) is 0 Å². The van der Waals surface area contributed by atoms with E-state index in [1.807, 2.05) is 24.3 Å². The molecule has 6 heteroatoms. The monoisotopic (exact) mass is 405 g/mol. The van der Waals surface area contributed by atoms with E-state index in [2.05, 4.69) is 33.2 Å². The first-order valence-electron chi connectivity index (χ1n) is 9.54. The van der Waals surface area contributed by atoms with Crippen molar-refractivity contribution in [2.75, 3.05) is 31.9 Å². The Morgan fingerprint density at radius 1 is 0.741 bits per heavy atom. The van der Waals surface area contributed by atoms with Gasteiger partial charge in [0.25, 0.3) is 10.1 Å². The Kier molecular flexibility index (Phi) is 22.0. The van der Waals surface area contributed by atoms with Crippen LogP contribution in [0.4, 0.5) is 0 Å². The number of hydrogen-bond acceptors (Lipinski definition) is 2. The van der Waals surface area contributed by atoms with Crippen molar-refractivity contribution < 1.29 is 22.2 Å². The normalized spacial score (nSPS) is 10.7. The average Bonchev–Trinajstić information content (AvgIpc) is 2.55. The molecule has 0 atom stereocenters. The zero-order valence-electron chi connectivity index (χ0n) is 17.1. The lowest BCUT2D eigenvalue weighted by Gasteiger charge is -2.35. The number of unbranched alkanes of at least 4 members (excludes halogenated alkanes) is 6. The molecule has 0 unspecified atom stereocenters. The van der Waals surface area contributed by atoms with Crippen LogP contribution in [0.5, 0.6) is 0 Å². The number of nitrogens with zero attached hydrogens (tertiary/aromatic N) is 1. The Morgan fingerprint density at radius 3 is 1.37 bits per heavy atom. The van der Waals surface area contributed by atoms with Crippen LogP contribution < -0.4 is 4.70 Å². The minimum atomic E-state index is -3.72. The molecule has 0 saturated heterocycles. The van der Waals surface area contributed by atoms with Crippen LogP contribution in [0.25, 0.3) is 0 Å². The number of quaternary nitrogens is 1. The van der Waals surface area contributed by atoms with E-state index in [9.17, 15) is 8.42 Å². The molecule has 0 aromatic carbocycles. The van der Waals surface area contributed by atoms with E-state index >= 15 is 0 Å². The fourth-order valence-electron chi connectivity index (χ4n) is 2.78. The molecule has 0 aromatic heterocycles. The smallest absolute Gasteiger partial charge is 0.264 e. The second kappa shape index (κ2) is 19.5. The largest absolute Gasteiger partial charge is 1.00 e. The summed E-state index contributed by atoms with van der Waals surface area (Å²) in [5.74, 6) is -0.0826. The summed E-state index contributed by atoms with van der Waals surface area (Å²) in [6.45, 7) is 21.0. The van der Waals surface area contributed by atoms with E-state index in [-0.39, 0.29) is 10.5 Å². The summed E-state index contributed by atoms with van der Waals surface area (Å²) in [7, 11) is -3.72. The van der Waals surface area contributed by atoms with E-state index < -0.39 is 10.1 Å². The Bertz CT molecular complexity index is 444. The molecule has 0 fully saturated rings. The maximum Gasteiger partial charge on any atom is 0.264 e. The first-order valence-corrected chi connectivity index (χ1v) is 11.2. The Morgan fingerprint density at radius 2 is 1.07 bits per heavy atom. The molecule has 27 heavy (non-hydrogen) atoms. The molecular formula is C21H40FNO3S. The van der Waals surface area contributed by atoms with E-state index in [0.717, 1.165) is 43.5 Å². The molecule has 0 saturated carbocycles. The predicted molar refractivity (Wildman–Crippen MR) is 115 cm³/mol. The Hall–Kier alpha value is -1.24. The van der Waals surface area contributed by atoms with Gasteiger partial charge >= 0.3 is 0 Å². The van der Waals surface area contributed by atoms with Crippen LogP contribution in [0.2, 0.25) is 0 Å². The summed E-state index contributed by atoms with van der Waals surface area (Å²) < 4.78 is 30.0. The SMILES string of the molecule is C=CC[N+](CC=C)(CC=C)CC=C.CCCCCCCCCS(=O)(=O)O.[F-]. The zero-order chi connectivity index (χ0) is 20.3. The summed E-state index contributed by atoms with van der Waals surface area (Å²) in [4.78, 5) is 0. The van der Waals surface area contributed by atoms with E-state index in [1.54, 1.807) is 0 Å². The van der Waals surface area contributed by atoms with Gasteiger partial charge in [-0.25, -0.2) is 0 Å². The van der Waals surface area contributed by atoms with Gasteiger partial charge in [-0.1, -0.05) is 71.8 Å². The van der Waals surface area contributed by atoms with Gasteiger partial charge in [-0.05, 0) is 30.7 Å². The lowest BCUT2D eigenvalue weighted by molar-refractivity contribution is -0.906. The number of halogens is 1. The van der Waals surface area contributed by atoms with Gasteiger partial charge in [0.15, 0.2) is 0 Å². The van der Waals surface area contributed by atoms with E-state index in [1.165, 1.54) is 25.7 Å². The Balaban J connectivity index is -0.000000411. The average molecular weight is 406 g/mol. The third-order valence-corrected chi connectivity index (χ3v) is 4.88. The molecule has 0 spiro atoms. The third-order valence-electron chi connectivity index (χ3n) is 4.07. The summed E-state index contributed by atoms with van der Waals surface area (Å²) in [6, 6.07) is 0. The maximum absolute atomic E-state index is 10.3. The van der Waals surface area contributed by atoms with E-state index in [4.69, 9.17) is 4.55 Å². The van der Waals surface area contributed by atoms with Gasteiger partial charge in [0.1, 0.15) is 0 Å². The van der Waals surface area contributed by atoms with E-state index in [0.29, 0.717) is 6.42 Å². The predicted octanol–water partition coefficient (Wildman–Crippen LogP) is 2.18. The van der Waals surface area contributed by atoms with Crippen molar-refractivity contribution in [3.63, 3.8) is 0 Å². The lowest BCUT2D eigenvalue weighted by atomic mass is 10.1. The minimum Gasteiger partial charge on any atom is -1.00 e. The van der Waals surface area contributed by atoms with Gasteiger partial charge in [0.2, 0.25) is 0 Å². The van der Waals surface area contributed by atoms with Crippen LogP contribution in [0.1, 0.15) is 51.9 Å². The summed E-state index contributed by atoms with van der Waals surface area (Å²) >= 11 is 0. The first-order chi connectivity index (χ1) is 12.3. The topological polar surface area (TPSA) is 54.4 Å². The summed E-state index contributed by atoms with van der Waals surface area (Å²) in [5.41, 5.74) is 0. The summed E-state index contributed by atoms with van der Waals surface area (Å²) in [5, 5.41) is 0. The molecule has 0 aliphatic rings. The van der Waals surface area contributed by atoms with Gasteiger partial charge in [-0.15, -0.1) is 0 Å². The fourth-order valence-corrected chi connectivity index (χ4v) is 3.35. The minimum absolute atomic E-state index is 0. The highest BCUT2D eigenvalue weighted by atomic mass is 32.2. The standard InChI is InChI=1S/C12H20N.C9H20O3S.FH/c1-5-9-13(10-6-2,11-7-3)12-8-4;1-2-3-4-5-6-7-8-9-13(10,11)12;/h5-8H,1-4,9-12H2;2-9H2,1H3,(H,10,11,12);1H/q+1;;/p-1. The van der Waals surface area contributed by atoms with Crippen molar-refractivity contribution >= 4 is 10.1 Å². The van der Waals surface area contributed by atoms with Crippen molar-refractivity contribution in [2.24, 2.45) is 0 Å². The molecule has 4 nitrogen and oxygen atoms in total. The van der Waals surface area contributed by atoms with Gasteiger partial charge in [0.05, 0.1) is 31.9 Å². The van der Waals surface area contributed by atoms with Crippen LogP contribution in [0.3, 0.4) is 0 Å². The van der Waals surface area contributed by atoms with Crippen molar-refractivity contribution in [3.8, 4) is 0 Å². The van der Waals surface area contributed by atoms with Crippen molar-refractivity contribution in [3.05, 3.63) is 50.6 Å². The molecule has 0 aliphatic heterocycles. The second-order valence-corrected chi connectivity index (χ2v) is 8.21. The maximum atomic E-state index is 10.3. The second-order valence-electron chi connectivity index (χ2n) is 6.63. The summed E-state index contributed by atoms with van der Waals surface area (Å²) in [6.07, 6.45) is 15.2. The quantitative estimate of drug-likeness (QED) is 0.185. The molecule has 1 N–H and O–H groups in total. The zero-order valence-corrected chi connectivity index (χ0v) is 17.9. The fraction of sp³-hybridized carbons (Fsp3) is 0.619. The highest BCUT2D eigenvalue weighted by Crippen LogP contribution is 2.08. The molecule has 0 aliphatic carbocycles. The molecule has 0 amide bonds. The third kappa shape index (κ3) is 20.9. The molecule has 0 heterocycles. The van der Waals surface area contributed by atoms with Crippen LogP contribution in [-0.2, 0) is 10.1 Å². The van der Waals surface area contributed by atoms with Gasteiger partial charge < -0.3 is 9.19 Å². The molecule has 0 rings (SSSR count). The van der Waals surface area contributed by atoms with Gasteiger partial charge in [-0.2, -0.15) is 8.42 Å². The highest BCUT2D eigenvalue weighted by Gasteiger charge is 2.20. The number of rotatable bonds is 16. The van der Waals surface area contributed by atoms with Crippen molar-refractivity contribution in [2.45, 2.75) is 51.9 Å².